The van der Waals surface area contributed by atoms with Crippen molar-refractivity contribution in [2.45, 2.75) is 37.8 Å². The van der Waals surface area contributed by atoms with E-state index < -0.39 is 5.72 Å². The summed E-state index contributed by atoms with van der Waals surface area (Å²) in [7, 11) is 0. The first-order chi connectivity index (χ1) is 10.1. The van der Waals surface area contributed by atoms with Crippen LogP contribution in [0.5, 0.6) is 0 Å². The van der Waals surface area contributed by atoms with Crippen molar-refractivity contribution >= 4 is 10.8 Å². The maximum atomic E-state index is 10.9. The summed E-state index contributed by atoms with van der Waals surface area (Å²) in [6, 6.07) is 12.9. The summed E-state index contributed by atoms with van der Waals surface area (Å²) < 4.78 is 0. The average Bonchev–Trinajstić information content (AvgIpc) is 2.52. The third-order valence-electron chi connectivity index (χ3n) is 4.63. The molecule has 2 nitrogen and oxygen atoms in total. The van der Waals surface area contributed by atoms with Crippen LogP contribution in [0.1, 0.15) is 36.8 Å². The van der Waals surface area contributed by atoms with E-state index in [0.717, 1.165) is 19.3 Å². The van der Waals surface area contributed by atoms with E-state index in [1.807, 2.05) is 6.92 Å². The van der Waals surface area contributed by atoms with Crippen molar-refractivity contribution in [2.24, 2.45) is 0 Å². The molecule has 2 heteroatoms. The Hall–Kier alpha value is -1.64. The van der Waals surface area contributed by atoms with Crippen LogP contribution < -0.4 is 5.32 Å². The van der Waals surface area contributed by atoms with Crippen molar-refractivity contribution in [2.75, 3.05) is 6.54 Å². The Morgan fingerprint density at radius 3 is 2.95 bits per heavy atom. The first-order valence-corrected chi connectivity index (χ1v) is 7.72. The van der Waals surface area contributed by atoms with Crippen LogP contribution >= 0.6 is 0 Å². The van der Waals surface area contributed by atoms with Gasteiger partial charge in [-0.3, -0.25) is 5.32 Å². The van der Waals surface area contributed by atoms with Gasteiger partial charge in [-0.25, -0.2) is 0 Å². The van der Waals surface area contributed by atoms with Gasteiger partial charge in [-0.05, 0) is 48.1 Å². The molecule has 21 heavy (non-hydrogen) atoms. The number of fused-ring (bicyclic) bond motifs is 3. The second-order valence-corrected chi connectivity index (χ2v) is 6.12. The van der Waals surface area contributed by atoms with Crippen LogP contribution in [0.3, 0.4) is 0 Å². The molecule has 1 aliphatic rings. The van der Waals surface area contributed by atoms with Gasteiger partial charge in [0.05, 0.1) is 0 Å². The Balaban J connectivity index is 2.11. The molecule has 0 spiro atoms. The van der Waals surface area contributed by atoms with Crippen LogP contribution in [0.25, 0.3) is 10.8 Å². The maximum Gasteiger partial charge on any atom is 0.120 e. The number of hydrogen-bond acceptors (Lipinski definition) is 2. The Labute approximate surface area is 126 Å². The molecule has 0 saturated carbocycles. The molecule has 0 saturated heterocycles. The first-order valence-electron chi connectivity index (χ1n) is 7.72. The average molecular weight is 281 g/mol. The van der Waals surface area contributed by atoms with E-state index in [2.05, 4.69) is 48.3 Å². The molecule has 1 aliphatic carbocycles. The van der Waals surface area contributed by atoms with E-state index in [0.29, 0.717) is 6.54 Å². The number of aryl methyl sites for hydroxylation is 1. The van der Waals surface area contributed by atoms with Gasteiger partial charge in [-0.15, -0.1) is 6.58 Å². The van der Waals surface area contributed by atoms with Crippen molar-refractivity contribution in [1.29, 1.82) is 0 Å². The second-order valence-electron chi connectivity index (χ2n) is 6.12. The lowest BCUT2D eigenvalue weighted by atomic mass is 9.75. The summed E-state index contributed by atoms with van der Waals surface area (Å²) in [4.78, 5) is 0. The quantitative estimate of drug-likeness (QED) is 0.661. The zero-order valence-corrected chi connectivity index (χ0v) is 12.6. The third-order valence-corrected chi connectivity index (χ3v) is 4.63. The lowest BCUT2D eigenvalue weighted by molar-refractivity contribution is -0.00494. The summed E-state index contributed by atoms with van der Waals surface area (Å²) in [5, 5.41) is 16.7. The molecule has 0 fully saturated rings. The number of benzene rings is 2. The molecule has 2 N–H and O–H groups in total. The predicted molar refractivity (Wildman–Crippen MR) is 88.5 cm³/mol. The van der Waals surface area contributed by atoms with E-state index in [9.17, 15) is 5.11 Å². The third kappa shape index (κ3) is 2.61. The highest BCUT2D eigenvalue weighted by molar-refractivity contribution is 5.87. The van der Waals surface area contributed by atoms with Crippen LogP contribution in [0.15, 0.2) is 49.1 Å². The fraction of sp³-hybridized carbons (Fsp3) is 0.368. The zero-order valence-electron chi connectivity index (χ0n) is 12.6. The first kappa shape index (κ1) is 14.3. The van der Waals surface area contributed by atoms with Gasteiger partial charge in [0.1, 0.15) is 5.72 Å². The van der Waals surface area contributed by atoms with Crippen molar-refractivity contribution < 1.29 is 5.11 Å². The largest absolute Gasteiger partial charge is 0.376 e. The van der Waals surface area contributed by atoms with E-state index in [1.54, 1.807) is 6.08 Å². The minimum atomic E-state index is -0.909. The molecule has 0 radical (unpaired) electrons. The van der Waals surface area contributed by atoms with E-state index in [-0.39, 0.29) is 5.92 Å². The molecular formula is C19H23NO. The Morgan fingerprint density at radius 1 is 1.33 bits per heavy atom. The molecule has 0 heterocycles. The van der Waals surface area contributed by atoms with Crippen LogP contribution in [-0.2, 0) is 6.42 Å². The summed E-state index contributed by atoms with van der Waals surface area (Å²) in [5.41, 5.74) is 1.79. The van der Waals surface area contributed by atoms with Gasteiger partial charge in [0.15, 0.2) is 0 Å². The summed E-state index contributed by atoms with van der Waals surface area (Å²) in [5.74, 6) is 0.118. The van der Waals surface area contributed by atoms with E-state index in [4.69, 9.17) is 0 Å². The monoisotopic (exact) mass is 281 g/mol. The molecule has 2 aromatic carbocycles. The Morgan fingerprint density at radius 2 is 2.14 bits per heavy atom. The number of rotatable bonds is 4. The molecule has 2 unspecified atom stereocenters. The van der Waals surface area contributed by atoms with E-state index >= 15 is 0 Å². The van der Waals surface area contributed by atoms with Crippen LogP contribution in [0, 0.1) is 0 Å². The minimum absolute atomic E-state index is 0.118. The molecule has 110 valence electrons. The Bertz CT molecular complexity index is 660. The predicted octanol–water partition coefficient (Wildman–Crippen LogP) is 3.74. The van der Waals surface area contributed by atoms with Gasteiger partial charge in [0.2, 0.25) is 0 Å². The molecule has 3 rings (SSSR count). The van der Waals surface area contributed by atoms with Gasteiger partial charge in [-0.1, -0.05) is 42.5 Å². The second kappa shape index (κ2) is 5.63. The normalized spacial score (nSPS) is 20.8. The van der Waals surface area contributed by atoms with Crippen molar-refractivity contribution in [3.63, 3.8) is 0 Å². The molecule has 2 atom stereocenters. The van der Waals surface area contributed by atoms with Gasteiger partial charge >= 0.3 is 0 Å². The summed E-state index contributed by atoms with van der Waals surface area (Å²) in [6.07, 6.45) is 5.04. The fourth-order valence-electron chi connectivity index (χ4n) is 3.58. The van der Waals surface area contributed by atoms with Crippen LogP contribution in [0.4, 0.5) is 0 Å². The highest BCUT2D eigenvalue weighted by Crippen LogP contribution is 2.41. The summed E-state index contributed by atoms with van der Waals surface area (Å²) >= 11 is 0. The number of hydrogen-bond donors (Lipinski definition) is 2. The number of nitrogens with one attached hydrogen (secondary N) is 1. The molecule has 0 amide bonds. The fourth-order valence-corrected chi connectivity index (χ4v) is 3.58. The smallest absolute Gasteiger partial charge is 0.120 e. The maximum absolute atomic E-state index is 10.9. The molecule has 0 aliphatic heterocycles. The van der Waals surface area contributed by atoms with Gasteiger partial charge < -0.3 is 5.11 Å². The van der Waals surface area contributed by atoms with E-state index in [1.165, 1.54) is 21.9 Å². The van der Waals surface area contributed by atoms with Gasteiger partial charge in [0, 0.05) is 12.5 Å². The zero-order chi connectivity index (χ0) is 14.9. The van der Waals surface area contributed by atoms with Crippen LogP contribution in [-0.4, -0.2) is 17.4 Å². The van der Waals surface area contributed by atoms with Crippen molar-refractivity contribution in [3.8, 4) is 0 Å². The number of aliphatic hydroxyl groups is 1. The minimum Gasteiger partial charge on any atom is -0.376 e. The lowest BCUT2D eigenvalue weighted by Crippen LogP contribution is -2.48. The molecule has 0 aromatic heterocycles. The highest BCUT2D eigenvalue weighted by atomic mass is 16.3. The molecule has 2 aromatic rings. The van der Waals surface area contributed by atoms with Gasteiger partial charge in [-0.2, -0.15) is 0 Å². The summed E-state index contributed by atoms with van der Waals surface area (Å²) in [6.45, 7) is 6.23. The standard InChI is InChI=1S/C19H23NO/c1-3-13-20-19(2,21)17-10-6-8-15-12-11-14-7-4-5-9-16(14)18(15)17/h3-5,7,9,11-12,17,20-21H,1,6,8,10,13H2,2H3. The van der Waals surface area contributed by atoms with Gasteiger partial charge in [0.25, 0.3) is 0 Å². The topological polar surface area (TPSA) is 32.3 Å². The van der Waals surface area contributed by atoms with Crippen molar-refractivity contribution in [3.05, 3.63) is 60.2 Å². The van der Waals surface area contributed by atoms with Crippen LogP contribution in [0.2, 0.25) is 0 Å². The Kier molecular flexibility index (Phi) is 3.83. The molecule has 0 bridgehead atoms. The van der Waals surface area contributed by atoms with Crippen molar-refractivity contribution in [1.82, 2.24) is 5.32 Å². The SMILES string of the molecule is C=CCNC(C)(O)C1CCCc2ccc3ccccc3c21. The highest BCUT2D eigenvalue weighted by Gasteiger charge is 2.36. The lowest BCUT2D eigenvalue weighted by Gasteiger charge is -2.38. The molecular weight excluding hydrogens is 258 g/mol.